The number of amides is 1. The molecule has 0 unspecified atom stereocenters. The number of rotatable bonds is 5. The van der Waals surface area contributed by atoms with Gasteiger partial charge in [-0.3, -0.25) is 4.79 Å². The number of aryl methyl sites for hydroxylation is 1. The molecule has 0 fully saturated rings. The van der Waals surface area contributed by atoms with Crippen LogP contribution in [0.25, 0.3) is 16.3 Å². The van der Waals surface area contributed by atoms with Crippen molar-refractivity contribution in [1.29, 1.82) is 0 Å². The fourth-order valence-corrected chi connectivity index (χ4v) is 4.15. The van der Waals surface area contributed by atoms with Crippen molar-refractivity contribution < 1.29 is 9.53 Å². The Morgan fingerprint density at radius 3 is 2.92 bits per heavy atom. The number of thiophene rings is 1. The van der Waals surface area contributed by atoms with Gasteiger partial charge >= 0.3 is 0 Å². The maximum atomic E-state index is 12.2. The Kier molecular flexibility index (Phi) is 5.27. The molecule has 0 radical (unpaired) electrons. The Labute approximate surface area is 148 Å². The van der Waals surface area contributed by atoms with Crippen LogP contribution in [0, 0.1) is 0 Å². The van der Waals surface area contributed by atoms with Gasteiger partial charge in [0.05, 0.1) is 11.8 Å². The van der Waals surface area contributed by atoms with E-state index in [0.717, 1.165) is 33.8 Å². The fraction of sp³-hybridized carbons (Fsp3) is 0.222. The van der Waals surface area contributed by atoms with Crippen LogP contribution in [0.3, 0.4) is 0 Å². The summed E-state index contributed by atoms with van der Waals surface area (Å²) in [5.41, 5.74) is 1.00. The van der Waals surface area contributed by atoms with Crippen molar-refractivity contribution in [1.82, 2.24) is 4.57 Å². The number of carbonyl (C=O) groups is 1. The maximum absolute atomic E-state index is 12.2. The van der Waals surface area contributed by atoms with Gasteiger partial charge < -0.3 is 9.30 Å². The molecular formula is C18H18N2O2S2. The molecule has 0 saturated heterocycles. The van der Waals surface area contributed by atoms with Gasteiger partial charge in [-0.15, -0.1) is 11.3 Å². The zero-order valence-electron chi connectivity index (χ0n) is 13.6. The molecule has 3 aromatic rings. The van der Waals surface area contributed by atoms with Gasteiger partial charge in [-0.25, -0.2) is 0 Å². The molecule has 1 aromatic carbocycles. The first-order valence-electron chi connectivity index (χ1n) is 7.69. The molecule has 0 spiro atoms. The van der Waals surface area contributed by atoms with Crippen LogP contribution in [0.5, 0.6) is 5.75 Å². The van der Waals surface area contributed by atoms with Gasteiger partial charge in [0.2, 0.25) is 0 Å². The summed E-state index contributed by atoms with van der Waals surface area (Å²) in [6.07, 6.45) is 4.27. The maximum Gasteiger partial charge on any atom is 0.272 e. The van der Waals surface area contributed by atoms with Crippen molar-refractivity contribution in [2.45, 2.75) is 19.9 Å². The minimum atomic E-state index is -0.251. The van der Waals surface area contributed by atoms with Gasteiger partial charge in [0.25, 0.3) is 5.91 Å². The van der Waals surface area contributed by atoms with Gasteiger partial charge in [-0.05, 0) is 36.1 Å². The van der Waals surface area contributed by atoms with Crippen molar-refractivity contribution in [2.24, 2.45) is 4.99 Å². The van der Waals surface area contributed by atoms with Crippen molar-refractivity contribution in [3.05, 3.63) is 51.5 Å². The SMILES string of the molecule is CCCn1c(=NC(=O)/C=C/c2cccs2)sc2cccc(OC)c21. The molecule has 4 nitrogen and oxygen atoms in total. The summed E-state index contributed by atoms with van der Waals surface area (Å²) in [7, 11) is 1.66. The zero-order chi connectivity index (χ0) is 16.9. The largest absolute Gasteiger partial charge is 0.495 e. The van der Waals surface area contributed by atoms with Crippen LogP contribution in [-0.2, 0) is 11.3 Å². The van der Waals surface area contributed by atoms with Crippen molar-refractivity contribution in [3.63, 3.8) is 0 Å². The van der Waals surface area contributed by atoms with E-state index in [9.17, 15) is 4.79 Å². The predicted octanol–water partition coefficient (Wildman–Crippen LogP) is 4.32. The van der Waals surface area contributed by atoms with E-state index in [-0.39, 0.29) is 5.91 Å². The lowest BCUT2D eigenvalue weighted by atomic mass is 10.3. The molecule has 0 aliphatic rings. The number of methoxy groups -OCH3 is 1. The number of fused-ring (bicyclic) bond motifs is 1. The lowest BCUT2D eigenvalue weighted by Crippen LogP contribution is -2.16. The first-order valence-corrected chi connectivity index (χ1v) is 9.39. The lowest BCUT2D eigenvalue weighted by Gasteiger charge is -2.06. The molecule has 0 saturated carbocycles. The third-order valence-electron chi connectivity index (χ3n) is 3.47. The lowest BCUT2D eigenvalue weighted by molar-refractivity contribution is -0.113. The topological polar surface area (TPSA) is 43.6 Å². The smallest absolute Gasteiger partial charge is 0.272 e. The number of para-hydroxylation sites is 1. The van der Waals surface area contributed by atoms with E-state index in [4.69, 9.17) is 4.74 Å². The number of carbonyl (C=O) groups excluding carboxylic acids is 1. The van der Waals surface area contributed by atoms with E-state index in [0.29, 0.717) is 4.80 Å². The van der Waals surface area contributed by atoms with Crippen molar-refractivity contribution in [2.75, 3.05) is 7.11 Å². The van der Waals surface area contributed by atoms with Crippen LogP contribution in [0.2, 0.25) is 0 Å². The van der Waals surface area contributed by atoms with Crippen LogP contribution in [0.1, 0.15) is 18.2 Å². The van der Waals surface area contributed by atoms with Crippen LogP contribution in [0.4, 0.5) is 0 Å². The Hall–Kier alpha value is -2.18. The number of hydrogen-bond acceptors (Lipinski definition) is 4. The summed E-state index contributed by atoms with van der Waals surface area (Å²) in [6.45, 7) is 2.90. The third-order valence-corrected chi connectivity index (χ3v) is 5.35. The second-order valence-corrected chi connectivity index (χ2v) is 7.13. The van der Waals surface area contributed by atoms with E-state index >= 15 is 0 Å². The molecule has 2 aromatic heterocycles. The molecule has 0 bridgehead atoms. The van der Waals surface area contributed by atoms with E-state index < -0.39 is 0 Å². The number of benzene rings is 1. The zero-order valence-corrected chi connectivity index (χ0v) is 15.2. The summed E-state index contributed by atoms with van der Waals surface area (Å²) in [5.74, 6) is 0.555. The Morgan fingerprint density at radius 2 is 2.21 bits per heavy atom. The monoisotopic (exact) mass is 358 g/mol. The summed E-state index contributed by atoms with van der Waals surface area (Å²) < 4.78 is 8.61. The molecule has 2 heterocycles. The quantitative estimate of drug-likeness (QED) is 0.637. The summed E-state index contributed by atoms with van der Waals surface area (Å²) in [4.78, 5) is 18.2. The van der Waals surface area contributed by atoms with E-state index in [1.54, 1.807) is 24.5 Å². The van der Waals surface area contributed by atoms with Crippen molar-refractivity contribution >= 4 is 44.9 Å². The molecule has 0 aliphatic carbocycles. The highest BCUT2D eigenvalue weighted by Gasteiger charge is 2.11. The second-order valence-electron chi connectivity index (χ2n) is 5.14. The highest BCUT2D eigenvalue weighted by atomic mass is 32.1. The summed E-state index contributed by atoms with van der Waals surface area (Å²) in [5, 5.41) is 1.98. The molecule has 0 N–H and O–H groups in total. The Morgan fingerprint density at radius 1 is 1.33 bits per heavy atom. The standard InChI is InChI=1S/C18H18N2O2S2/c1-3-11-20-17-14(22-2)7-4-8-15(17)24-18(20)19-16(21)10-9-13-6-5-12-23-13/h4-10,12H,3,11H2,1-2H3/b10-9+,19-18?. The Bertz CT molecular complexity index is 934. The Balaban J connectivity index is 2.04. The van der Waals surface area contributed by atoms with Gasteiger partial charge in [-0.1, -0.05) is 30.4 Å². The average Bonchev–Trinajstić information content (AvgIpc) is 3.21. The van der Waals surface area contributed by atoms with Gasteiger partial charge in [-0.2, -0.15) is 4.99 Å². The number of aromatic nitrogens is 1. The highest BCUT2D eigenvalue weighted by Crippen LogP contribution is 2.27. The number of hydrogen-bond donors (Lipinski definition) is 0. The van der Waals surface area contributed by atoms with Gasteiger partial charge in [0.1, 0.15) is 11.3 Å². The molecule has 0 atom stereocenters. The van der Waals surface area contributed by atoms with E-state index in [2.05, 4.69) is 16.5 Å². The third kappa shape index (κ3) is 3.49. The molecule has 0 aliphatic heterocycles. The first kappa shape index (κ1) is 16.7. The highest BCUT2D eigenvalue weighted by molar-refractivity contribution is 7.16. The average molecular weight is 358 g/mol. The fourth-order valence-electron chi connectivity index (χ4n) is 2.45. The number of thiazole rings is 1. The normalized spacial score (nSPS) is 12.3. The second kappa shape index (κ2) is 7.59. The predicted molar refractivity (Wildman–Crippen MR) is 101 cm³/mol. The van der Waals surface area contributed by atoms with Crippen LogP contribution < -0.4 is 9.54 Å². The number of ether oxygens (including phenoxy) is 1. The minimum Gasteiger partial charge on any atom is -0.495 e. The first-order chi connectivity index (χ1) is 11.7. The van der Waals surface area contributed by atoms with Crippen LogP contribution >= 0.6 is 22.7 Å². The van der Waals surface area contributed by atoms with Gasteiger partial charge in [0.15, 0.2) is 4.80 Å². The van der Waals surface area contributed by atoms with Gasteiger partial charge in [0, 0.05) is 17.5 Å². The van der Waals surface area contributed by atoms with Crippen LogP contribution in [0.15, 0.2) is 46.8 Å². The molecule has 3 rings (SSSR count). The molecule has 124 valence electrons. The molecule has 1 amide bonds. The van der Waals surface area contributed by atoms with E-state index in [1.807, 2.05) is 35.7 Å². The van der Waals surface area contributed by atoms with Crippen molar-refractivity contribution in [3.8, 4) is 5.75 Å². The molecule has 6 heteroatoms. The molecule has 24 heavy (non-hydrogen) atoms. The van der Waals surface area contributed by atoms with E-state index in [1.165, 1.54) is 17.4 Å². The number of nitrogens with zero attached hydrogens (tertiary/aromatic N) is 2. The minimum absolute atomic E-state index is 0.251. The van der Waals surface area contributed by atoms with Crippen LogP contribution in [-0.4, -0.2) is 17.6 Å². The molecular weight excluding hydrogens is 340 g/mol. The summed E-state index contributed by atoms with van der Waals surface area (Å²) >= 11 is 3.10. The summed E-state index contributed by atoms with van der Waals surface area (Å²) in [6, 6.07) is 9.84.